The number of nitrogens with zero attached hydrogens (tertiary/aromatic N) is 1. The van der Waals surface area contributed by atoms with E-state index in [4.69, 9.17) is 21.1 Å². The second kappa shape index (κ2) is 12.0. The lowest BCUT2D eigenvalue weighted by molar-refractivity contribution is -0.162. The monoisotopic (exact) mass is 504 g/mol. The van der Waals surface area contributed by atoms with Gasteiger partial charge in [-0.3, -0.25) is 4.79 Å². The van der Waals surface area contributed by atoms with Crippen LogP contribution in [-0.2, 0) is 32.1 Å². The Morgan fingerprint density at radius 2 is 1.60 bits per heavy atom. The van der Waals surface area contributed by atoms with Crippen molar-refractivity contribution in [2.45, 2.75) is 57.9 Å². The van der Waals surface area contributed by atoms with E-state index in [0.29, 0.717) is 5.02 Å². The maximum absolute atomic E-state index is 13.5. The van der Waals surface area contributed by atoms with Gasteiger partial charge in [-0.15, -0.1) is 0 Å². The molecule has 8 nitrogen and oxygen atoms in total. The van der Waals surface area contributed by atoms with Crippen LogP contribution in [0.1, 0.15) is 38.8 Å². The third-order valence-corrected chi connectivity index (χ3v) is 5.62. The third kappa shape index (κ3) is 8.56. The fourth-order valence-corrected chi connectivity index (χ4v) is 3.35. The molecule has 2 N–H and O–H groups in total. The molecule has 0 aliphatic carbocycles. The summed E-state index contributed by atoms with van der Waals surface area (Å²) in [6, 6.07) is 15.0. The number of nitrogens with one attached hydrogen (secondary N) is 1. The molecule has 0 bridgehead atoms. The van der Waals surface area contributed by atoms with Crippen molar-refractivity contribution in [3.05, 3.63) is 70.7 Å². The number of alkyl carbamates (subject to hydrolysis) is 1. The number of halogens is 1. The van der Waals surface area contributed by atoms with Crippen molar-refractivity contribution in [1.29, 1.82) is 0 Å². The van der Waals surface area contributed by atoms with Crippen LogP contribution in [0.5, 0.6) is 0 Å². The summed E-state index contributed by atoms with van der Waals surface area (Å²) in [6.45, 7) is 6.47. The van der Waals surface area contributed by atoms with Crippen molar-refractivity contribution in [3.8, 4) is 0 Å². The quantitative estimate of drug-likeness (QED) is 0.500. The zero-order chi connectivity index (χ0) is 26.2. The Kier molecular flexibility index (Phi) is 9.68. The summed E-state index contributed by atoms with van der Waals surface area (Å²) in [5.41, 5.74) is -0.847. The molecule has 0 radical (unpaired) electrons. The number of amides is 2. The molecule has 0 saturated heterocycles. The van der Waals surface area contributed by atoms with Crippen molar-refractivity contribution in [3.63, 3.8) is 0 Å². The van der Waals surface area contributed by atoms with E-state index in [0.717, 1.165) is 16.0 Å². The van der Waals surface area contributed by atoms with E-state index >= 15 is 0 Å². The van der Waals surface area contributed by atoms with Gasteiger partial charge in [0.1, 0.15) is 11.6 Å². The highest BCUT2D eigenvalue weighted by molar-refractivity contribution is 6.30. The van der Waals surface area contributed by atoms with E-state index in [-0.39, 0.29) is 19.6 Å². The van der Waals surface area contributed by atoms with E-state index in [9.17, 15) is 19.5 Å². The maximum atomic E-state index is 13.5. The largest absolute Gasteiger partial charge is 0.479 e. The van der Waals surface area contributed by atoms with Gasteiger partial charge in [0.2, 0.25) is 5.91 Å². The molecule has 0 aliphatic rings. The molecule has 9 heteroatoms. The van der Waals surface area contributed by atoms with Crippen molar-refractivity contribution in [2.24, 2.45) is 0 Å². The van der Waals surface area contributed by atoms with Crippen LogP contribution in [0.2, 0.25) is 5.02 Å². The molecule has 0 aromatic heterocycles. The van der Waals surface area contributed by atoms with Crippen LogP contribution in [0.3, 0.4) is 0 Å². The number of carboxylic acids is 1. The predicted octanol–water partition coefficient (Wildman–Crippen LogP) is 4.29. The molecule has 2 aromatic carbocycles. The molecule has 2 aromatic rings. The molecular formula is C26H33ClN2O6. The van der Waals surface area contributed by atoms with Crippen LogP contribution in [-0.4, -0.2) is 58.8 Å². The molecule has 0 heterocycles. The molecule has 0 fully saturated rings. The zero-order valence-corrected chi connectivity index (χ0v) is 21.5. The molecule has 190 valence electrons. The molecule has 0 saturated carbocycles. The summed E-state index contributed by atoms with van der Waals surface area (Å²) in [6.07, 6.45) is -0.671. The highest BCUT2D eigenvalue weighted by Crippen LogP contribution is 2.19. The topological polar surface area (TPSA) is 105 Å². The zero-order valence-electron chi connectivity index (χ0n) is 20.7. The van der Waals surface area contributed by atoms with E-state index in [2.05, 4.69) is 5.32 Å². The molecule has 2 unspecified atom stereocenters. The standard InChI is InChI=1S/C26H33ClN2O6/c1-25(2,3)35-24(33)28-21(15-18-11-13-20(27)14-12-18)22(30)29(5)26(4,23(31)32)17-34-16-19-9-7-6-8-10-19/h6-14,21H,15-17H2,1-5H3,(H,28,33)(H,31,32). The lowest BCUT2D eigenvalue weighted by atomic mass is 9.98. The number of hydrogen-bond acceptors (Lipinski definition) is 5. The number of likely N-dealkylation sites (N-methyl/N-ethyl adjacent to an activating group) is 1. The number of hydrogen-bond donors (Lipinski definition) is 2. The molecule has 2 amide bonds. The number of carboxylic acid groups (broad SMARTS) is 1. The number of aliphatic carboxylic acids is 1. The average molecular weight is 505 g/mol. The first-order valence-corrected chi connectivity index (χ1v) is 11.6. The van der Waals surface area contributed by atoms with Gasteiger partial charge in [-0.05, 0) is 51.0 Å². The highest BCUT2D eigenvalue weighted by atomic mass is 35.5. The summed E-state index contributed by atoms with van der Waals surface area (Å²) in [4.78, 5) is 39.3. The number of carbonyl (C=O) groups excluding carboxylic acids is 2. The minimum atomic E-state index is -1.68. The number of benzene rings is 2. The lowest BCUT2D eigenvalue weighted by Gasteiger charge is -2.37. The Morgan fingerprint density at radius 3 is 2.14 bits per heavy atom. The van der Waals surface area contributed by atoms with Gasteiger partial charge in [-0.25, -0.2) is 9.59 Å². The normalized spacial score (nSPS) is 13.9. The first-order chi connectivity index (χ1) is 16.3. The lowest BCUT2D eigenvalue weighted by Crippen LogP contribution is -2.61. The van der Waals surface area contributed by atoms with E-state index < -0.39 is 35.2 Å². The van der Waals surface area contributed by atoms with Gasteiger partial charge in [-0.2, -0.15) is 0 Å². The molecule has 0 spiro atoms. The summed E-state index contributed by atoms with van der Waals surface area (Å²) in [7, 11) is 1.38. The summed E-state index contributed by atoms with van der Waals surface area (Å²) < 4.78 is 11.0. The fourth-order valence-electron chi connectivity index (χ4n) is 3.23. The van der Waals surface area contributed by atoms with E-state index in [1.54, 1.807) is 45.0 Å². The van der Waals surface area contributed by atoms with Gasteiger partial charge in [0.05, 0.1) is 13.2 Å². The number of carbonyl (C=O) groups is 3. The Labute approximate surface area is 211 Å². The predicted molar refractivity (Wildman–Crippen MR) is 133 cm³/mol. The van der Waals surface area contributed by atoms with Crippen LogP contribution in [0.4, 0.5) is 4.79 Å². The van der Waals surface area contributed by atoms with Gasteiger partial charge >= 0.3 is 12.1 Å². The smallest absolute Gasteiger partial charge is 0.408 e. The average Bonchev–Trinajstić information content (AvgIpc) is 2.78. The molecular weight excluding hydrogens is 472 g/mol. The van der Waals surface area contributed by atoms with Crippen LogP contribution in [0.15, 0.2) is 54.6 Å². The fraction of sp³-hybridized carbons (Fsp3) is 0.423. The van der Waals surface area contributed by atoms with Gasteiger partial charge < -0.3 is 24.8 Å². The van der Waals surface area contributed by atoms with Crippen molar-refractivity contribution >= 4 is 29.6 Å². The van der Waals surface area contributed by atoms with Gasteiger partial charge in [0.25, 0.3) is 0 Å². The third-order valence-electron chi connectivity index (χ3n) is 5.37. The SMILES string of the molecule is CN(C(=O)C(Cc1ccc(Cl)cc1)NC(=O)OC(C)(C)C)C(C)(COCc1ccccc1)C(=O)O. The number of ether oxygens (including phenoxy) is 2. The highest BCUT2D eigenvalue weighted by Gasteiger charge is 2.43. The van der Waals surface area contributed by atoms with Crippen LogP contribution in [0.25, 0.3) is 0 Å². The maximum Gasteiger partial charge on any atom is 0.408 e. The van der Waals surface area contributed by atoms with Crippen molar-refractivity contribution in [1.82, 2.24) is 10.2 Å². The molecule has 35 heavy (non-hydrogen) atoms. The second-order valence-corrected chi connectivity index (χ2v) is 9.92. The minimum Gasteiger partial charge on any atom is -0.479 e. The Bertz CT molecular complexity index is 1010. The first-order valence-electron chi connectivity index (χ1n) is 11.2. The molecule has 2 rings (SSSR count). The Morgan fingerprint density at radius 1 is 1.00 bits per heavy atom. The van der Waals surface area contributed by atoms with E-state index in [1.807, 2.05) is 30.3 Å². The van der Waals surface area contributed by atoms with Crippen LogP contribution >= 0.6 is 11.6 Å². The number of rotatable bonds is 10. The molecule has 2 atom stereocenters. The van der Waals surface area contributed by atoms with Crippen LogP contribution in [0, 0.1) is 0 Å². The summed E-state index contributed by atoms with van der Waals surface area (Å²) in [5, 5.41) is 13.1. The molecule has 0 aliphatic heterocycles. The van der Waals surface area contributed by atoms with E-state index in [1.165, 1.54) is 14.0 Å². The Hall–Kier alpha value is -3.10. The van der Waals surface area contributed by atoms with Crippen molar-refractivity contribution in [2.75, 3.05) is 13.7 Å². The van der Waals surface area contributed by atoms with Gasteiger partial charge in [0.15, 0.2) is 5.54 Å². The summed E-state index contributed by atoms with van der Waals surface area (Å²) in [5.74, 6) is -1.83. The first kappa shape index (κ1) is 28.1. The van der Waals surface area contributed by atoms with Crippen molar-refractivity contribution < 1.29 is 29.0 Å². The van der Waals surface area contributed by atoms with Gasteiger partial charge in [0, 0.05) is 18.5 Å². The second-order valence-electron chi connectivity index (χ2n) is 9.48. The summed E-state index contributed by atoms with van der Waals surface area (Å²) >= 11 is 5.96. The van der Waals surface area contributed by atoms with Crippen LogP contribution < -0.4 is 5.32 Å². The van der Waals surface area contributed by atoms with Gasteiger partial charge in [-0.1, -0.05) is 54.1 Å². The minimum absolute atomic E-state index is 0.111. The Balaban J connectivity index is 2.22.